The zero-order chi connectivity index (χ0) is 18.8. The lowest BCUT2D eigenvalue weighted by molar-refractivity contribution is 0.370. The first kappa shape index (κ1) is 19.4. The molecule has 6 nitrogen and oxygen atoms in total. The van der Waals surface area contributed by atoms with Crippen molar-refractivity contribution in [3.63, 3.8) is 0 Å². The van der Waals surface area contributed by atoms with Crippen LogP contribution in [-0.4, -0.2) is 38.4 Å². The SMILES string of the molecule is CCNC(=NCc1cccc(OC)c1O)NCCc1ccccc1OC. The number of aliphatic imine (C=N–C) groups is 1. The maximum atomic E-state index is 10.2. The highest BCUT2D eigenvalue weighted by Crippen LogP contribution is 2.29. The van der Waals surface area contributed by atoms with Crippen LogP contribution in [0.1, 0.15) is 18.1 Å². The second-order valence-electron chi connectivity index (χ2n) is 5.65. The van der Waals surface area contributed by atoms with Crippen LogP contribution in [0.3, 0.4) is 0 Å². The summed E-state index contributed by atoms with van der Waals surface area (Å²) < 4.78 is 10.5. The lowest BCUT2D eigenvalue weighted by atomic mass is 10.1. The highest BCUT2D eigenvalue weighted by molar-refractivity contribution is 5.79. The van der Waals surface area contributed by atoms with Gasteiger partial charge in [-0.05, 0) is 31.0 Å². The Balaban J connectivity index is 1.98. The topological polar surface area (TPSA) is 75.1 Å². The molecule has 2 rings (SSSR count). The van der Waals surface area contributed by atoms with Crippen LogP contribution in [0.5, 0.6) is 17.2 Å². The van der Waals surface area contributed by atoms with Gasteiger partial charge in [0.1, 0.15) is 5.75 Å². The third-order valence-electron chi connectivity index (χ3n) is 3.93. The zero-order valence-electron chi connectivity index (χ0n) is 15.6. The fraction of sp³-hybridized carbons (Fsp3) is 0.350. The fourth-order valence-corrected chi connectivity index (χ4v) is 2.59. The molecule has 3 N–H and O–H groups in total. The zero-order valence-corrected chi connectivity index (χ0v) is 15.6. The number of hydrogen-bond acceptors (Lipinski definition) is 4. The second kappa shape index (κ2) is 10.2. The molecule has 140 valence electrons. The summed E-state index contributed by atoms with van der Waals surface area (Å²) >= 11 is 0. The third kappa shape index (κ3) is 5.31. The normalized spacial score (nSPS) is 11.1. The van der Waals surface area contributed by atoms with Gasteiger partial charge in [-0.1, -0.05) is 30.3 Å². The van der Waals surface area contributed by atoms with E-state index in [9.17, 15) is 5.11 Å². The molecular weight excluding hydrogens is 330 g/mol. The largest absolute Gasteiger partial charge is 0.504 e. The summed E-state index contributed by atoms with van der Waals surface area (Å²) in [5, 5.41) is 16.7. The standard InChI is InChI=1S/C20H27N3O3/c1-4-21-20(22-13-12-15-8-5-6-10-17(15)25-2)23-14-16-9-7-11-18(26-3)19(16)24/h5-11,24H,4,12-14H2,1-3H3,(H2,21,22,23). The van der Waals surface area contributed by atoms with Crippen LogP contribution < -0.4 is 20.1 Å². The first-order chi connectivity index (χ1) is 12.7. The van der Waals surface area contributed by atoms with Crippen molar-refractivity contribution in [2.45, 2.75) is 19.9 Å². The Bertz CT molecular complexity index is 732. The van der Waals surface area contributed by atoms with Crippen molar-refractivity contribution in [2.24, 2.45) is 4.99 Å². The van der Waals surface area contributed by atoms with Gasteiger partial charge in [-0.2, -0.15) is 0 Å². The number of benzene rings is 2. The van der Waals surface area contributed by atoms with Gasteiger partial charge in [-0.15, -0.1) is 0 Å². The lowest BCUT2D eigenvalue weighted by Gasteiger charge is -2.13. The Morgan fingerprint density at radius 2 is 1.65 bits per heavy atom. The van der Waals surface area contributed by atoms with E-state index in [-0.39, 0.29) is 5.75 Å². The van der Waals surface area contributed by atoms with Crippen LogP contribution in [0.4, 0.5) is 0 Å². The van der Waals surface area contributed by atoms with E-state index >= 15 is 0 Å². The smallest absolute Gasteiger partial charge is 0.191 e. The molecule has 0 saturated carbocycles. The van der Waals surface area contributed by atoms with E-state index < -0.39 is 0 Å². The molecule has 0 aliphatic rings. The number of nitrogens with one attached hydrogen (secondary N) is 2. The van der Waals surface area contributed by atoms with Gasteiger partial charge in [-0.3, -0.25) is 0 Å². The molecule has 6 heteroatoms. The van der Waals surface area contributed by atoms with Gasteiger partial charge in [0.15, 0.2) is 17.5 Å². The van der Waals surface area contributed by atoms with Crippen molar-refractivity contribution in [2.75, 3.05) is 27.3 Å². The minimum atomic E-state index is 0.128. The van der Waals surface area contributed by atoms with E-state index in [1.807, 2.05) is 37.3 Å². The Labute approximate surface area is 154 Å². The molecule has 0 aromatic heterocycles. The highest BCUT2D eigenvalue weighted by Gasteiger charge is 2.07. The van der Waals surface area contributed by atoms with Crippen molar-refractivity contribution < 1.29 is 14.6 Å². The van der Waals surface area contributed by atoms with Crippen molar-refractivity contribution in [3.05, 3.63) is 53.6 Å². The monoisotopic (exact) mass is 357 g/mol. The van der Waals surface area contributed by atoms with E-state index in [4.69, 9.17) is 9.47 Å². The molecular formula is C20H27N3O3. The van der Waals surface area contributed by atoms with Gasteiger partial charge < -0.3 is 25.2 Å². The molecule has 26 heavy (non-hydrogen) atoms. The average molecular weight is 357 g/mol. The molecule has 0 saturated heterocycles. The van der Waals surface area contributed by atoms with Crippen molar-refractivity contribution >= 4 is 5.96 Å². The number of guanidine groups is 1. The minimum absolute atomic E-state index is 0.128. The van der Waals surface area contributed by atoms with Gasteiger partial charge in [0.25, 0.3) is 0 Å². The number of hydrogen-bond donors (Lipinski definition) is 3. The Morgan fingerprint density at radius 3 is 2.38 bits per heavy atom. The predicted octanol–water partition coefficient (Wildman–Crippen LogP) is 2.71. The summed E-state index contributed by atoms with van der Waals surface area (Å²) in [5.41, 5.74) is 1.86. The van der Waals surface area contributed by atoms with Crippen LogP contribution in [0.2, 0.25) is 0 Å². The molecule has 0 bridgehead atoms. The van der Waals surface area contributed by atoms with Gasteiger partial charge in [0.2, 0.25) is 0 Å². The van der Waals surface area contributed by atoms with Crippen LogP contribution in [0.25, 0.3) is 0 Å². The molecule has 2 aromatic rings. The summed E-state index contributed by atoms with van der Waals surface area (Å²) in [6.07, 6.45) is 0.818. The molecule has 0 radical (unpaired) electrons. The van der Waals surface area contributed by atoms with Gasteiger partial charge in [0, 0.05) is 18.7 Å². The van der Waals surface area contributed by atoms with E-state index in [0.29, 0.717) is 23.8 Å². The van der Waals surface area contributed by atoms with Crippen LogP contribution >= 0.6 is 0 Å². The van der Waals surface area contributed by atoms with Crippen LogP contribution in [0.15, 0.2) is 47.5 Å². The summed E-state index contributed by atoms with van der Waals surface area (Å²) in [7, 11) is 3.21. The maximum absolute atomic E-state index is 10.2. The quantitative estimate of drug-likeness (QED) is 0.500. The second-order valence-corrected chi connectivity index (χ2v) is 5.65. The molecule has 0 aliphatic heterocycles. The molecule has 0 fully saturated rings. The third-order valence-corrected chi connectivity index (χ3v) is 3.93. The Hall–Kier alpha value is -2.89. The highest BCUT2D eigenvalue weighted by atomic mass is 16.5. The van der Waals surface area contributed by atoms with E-state index in [1.54, 1.807) is 13.2 Å². The number of phenolic OH excluding ortho intramolecular Hbond substituents is 1. The van der Waals surface area contributed by atoms with E-state index in [2.05, 4.69) is 21.7 Å². The molecule has 0 atom stereocenters. The van der Waals surface area contributed by atoms with E-state index in [1.165, 1.54) is 7.11 Å². The maximum Gasteiger partial charge on any atom is 0.191 e. The molecule has 0 unspecified atom stereocenters. The van der Waals surface area contributed by atoms with Gasteiger partial charge in [-0.25, -0.2) is 4.99 Å². The summed E-state index contributed by atoms with van der Waals surface area (Å²) in [4.78, 5) is 4.54. The van der Waals surface area contributed by atoms with E-state index in [0.717, 1.165) is 30.8 Å². The summed E-state index contributed by atoms with van der Waals surface area (Å²) in [5.74, 6) is 2.16. The molecule has 0 heterocycles. The minimum Gasteiger partial charge on any atom is -0.504 e. The van der Waals surface area contributed by atoms with Crippen molar-refractivity contribution in [3.8, 4) is 17.2 Å². The predicted molar refractivity (Wildman–Crippen MR) is 104 cm³/mol. The lowest BCUT2D eigenvalue weighted by Crippen LogP contribution is -2.38. The van der Waals surface area contributed by atoms with Crippen molar-refractivity contribution in [1.29, 1.82) is 0 Å². The van der Waals surface area contributed by atoms with Crippen LogP contribution in [0, 0.1) is 0 Å². The first-order valence-electron chi connectivity index (χ1n) is 8.68. The molecule has 0 amide bonds. The number of aromatic hydroxyl groups is 1. The number of para-hydroxylation sites is 2. The number of ether oxygens (including phenoxy) is 2. The average Bonchev–Trinajstić information content (AvgIpc) is 2.67. The summed E-state index contributed by atoms with van der Waals surface area (Å²) in [6, 6.07) is 13.4. The van der Waals surface area contributed by atoms with Crippen LogP contribution in [-0.2, 0) is 13.0 Å². The Morgan fingerprint density at radius 1 is 0.962 bits per heavy atom. The number of rotatable bonds is 8. The molecule has 2 aromatic carbocycles. The number of phenols is 1. The van der Waals surface area contributed by atoms with Gasteiger partial charge >= 0.3 is 0 Å². The molecule has 0 spiro atoms. The van der Waals surface area contributed by atoms with Gasteiger partial charge in [0.05, 0.1) is 20.8 Å². The summed E-state index contributed by atoms with van der Waals surface area (Å²) in [6.45, 7) is 3.84. The van der Waals surface area contributed by atoms with Crippen molar-refractivity contribution in [1.82, 2.24) is 10.6 Å². The number of nitrogens with zero attached hydrogens (tertiary/aromatic N) is 1. The Kier molecular flexibility index (Phi) is 7.61. The number of methoxy groups -OCH3 is 2. The molecule has 0 aliphatic carbocycles. The first-order valence-corrected chi connectivity index (χ1v) is 8.68. The fourth-order valence-electron chi connectivity index (χ4n) is 2.59.